The molecule has 0 aliphatic heterocycles. The largest absolute Gasteiger partial charge is 0.493 e. The summed E-state index contributed by atoms with van der Waals surface area (Å²) >= 11 is 0. The molecular formula is C30H34N4O2. The highest BCUT2D eigenvalue weighted by molar-refractivity contribution is 5.64. The number of aromatic nitrogens is 2. The van der Waals surface area contributed by atoms with Gasteiger partial charge in [-0.3, -0.25) is 4.57 Å². The SMILES string of the molecule is COc1ccc(-c2cc(=Nc3c(C)cc(C)cc3C)n(C)c(=NCc3ccccc3)n2C)cc1OC. The van der Waals surface area contributed by atoms with E-state index in [0.717, 1.165) is 44.7 Å². The van der Waals surface area contributed by atoms with Crippen molar-refractivity contribution in [2.24, 2.45) is 24.1 Å². The summed E-state index contributed by atoms with van der Waals surface area (Å²) in [6.07, 6.45) is 0. The molecule has 36 heavy (non-hydrogen) atoms. The van der Waals surface area contributed by atoms with E-state index in [1.165, 1.54) is 5.56 Å². The van der Waals surface area contributed by atoms with Gasteiger partial charge < -0.3 is 14.0 Å². The van der Waals surface area contributed by atoms with Crippen LogP contribution in [0.4, 0.5) is 5.69 Å². The van der Waals surface area contributed by atoms with Gasteiger partial charge >= 0.3 is 0 Å². The number of hydrogen-bond donors (Lipinski definition) is 0. The van der Waals surface area contributed by atoms with E-state index < -0.39 is 0 Å². The molecule has 0 aliphatic carbocycles. The number of hydrogen-bond acceptors (Lipinski definition) is 4. The standard InChI is InChI=1S/C30H34N4O2/c1-20-15-21(2)29(22(3)16-20)32-28-18-25(24-13-14-26(35-6)27(17-24)36-7)33(4)30(34(28)5)31-19-23-11-9-8-10-12-23/h8-18H,19H2,1-7H3. The van der Waals surface area contributed by atoms with Crippen LogP contribution < -0.4 is 20.6 Å². The molecule has 0 atom stereocenters. The zero-order valence-electron chi connectivity index (χ0n) is 22.2. The van der Waals surface area contributed by atoms with Gasteiger partial charge in [-0.2, -0.15) is 0 Å². The minimum absolute atomic E-state index is 0.569. The lowest BCUT2D eigenvalue weighted by Crippen LogP contribution is -2.39. The fourth-order valence-corrected chi connectivity index (χ4v) is 4.55. The lowest BCUT2D eigenvalue weighted by molar-refractivity contribution is 0.355. The monoisotopic (exact) mass is 482 g/mol. The molecule has 0 bridgehead atoms. The molecule has 1 heterocycles. The molecule has 1 aromatic heterocycles. The molecule has 186 valence electrons. The number of benzene rings is 3. The van der Waals surface area contributed by atoms with Gasteiger partial charge in [-0.15, -0.1) is 0 Å². The van der Waals surface area contributed by atoms with Crippen LogP contribution >= 0.6 is 0 Å². The predicted octanol–water partition coefficient (Wildman–Crippen LogP) is 5.31. The van der Waals surface area contributed by atoms with Gasteiger partial charge in [-0.25, -0.2) is 9.98 Å². The summed E-state index contributed by atoms with van der Waals surface area (Å²) in [7, 11) is 7.34. The van der Waals surface area contributed by atoms with E-state index in [4.69, 9.17) is 19.5 Å². The van der Waals surface area contributed by atoms with Crippen LogP contribution in [-0.2, 0) is 20.6 Å². The average Bonchev–Trinajstić information content (AvgIpc) is 2.87. The molecule has 4 aromatic rings. The number of methoxy groups -OCH3 is 2. The van der Waals surface area contributed by atoms with Crippen LogP contribution in [0, 0.1) is 20.8 Å². The second-order valence-electron chi connectivity index (χ2n) is 9.04. The highest BCUT2D eigenvalue weighted by atomic mass is 16.5. The molecule has 0 radical (unpaired) electrons. The van der Waals surface area contributed by atoms with Gasteiger partial charge in [-0.1, -0.05) is 48.0 Å². The van der Waals surface area contributed by atoms with Gasteiger partial charge in [-0.05, 0) is 55.7 Å². The van der Waals surface area contributed by atoms with Crippen LogP contribution in [0.15, 0.2) is 76.7 Å². The summed E-state index contributed by atoms with van der Waals surface area (Å²) in [5.74, 6) is 1.37. The maximum Gasteiger partial charge on any atom is 0.206 e. The van der Waals surface area contributed by atoms with Gasteiger partial charge in [0.15, 0.2) is 11.5 Å². The van der Waals surface area contributed by atoms with Crippen molar-refractivity contribution in [2.45, 2.75) is 27.3 Å². The van der Waals surface area contributed by atoms with Crippen molar-refractivity contribution in [3.63, 3.8) is 0 Å². The van der Waals surface area contributed by atoms with E-state index in [1.54, 1.807) is 14.2 Å². The Labute approximate surface area is 212 Å². The molecule has 0 unspecified atom stereocenters. The van der Waals surface area contributed by atoms with Crippen molar-refractivity contribution >= 4 is 5.69 Å². The van der Waals surface area contributed by atoms with Crippen molar-refractivity contribution in [3.8, 4) is 22.8 Å². The molecule has 0 amide bonds. The van der Waals surface area contributed by atoms with Gasteiger partial charge in [0.2, 0.25) is 5.62 Å². The maximum atomic E-state index is 5.58. The minimum atomic E-state index is 0.569. The Morgan fingerprint density at radius 2 is 1.42 bits per heavy atom. The molecule has 3 aromatic carbocycles. The average molecular weight is 483 g/mol. The number of rotatable bonds is 6. The molecule has 0 N–H and O–H groups in total. The third-order valence-electron chi connectivity index (χ3n) is 6.36. The van der Waals surface area contributed by atoms with E-state index in [9.17, 15) is 0 Å². The highest BCUT2D eigenvalue weighted by Crippen LogP contribution is 2.31. The first-order valence-electron chi connectivity index (χ1n) is 12.0. The Morgan fingerprint density at radius 3 is 2.06 bits per heavy atom. The lowest BCUT2D eigenvalue weighted by Gasteiger charge is -2.16. The predicted molar refractivity (Wildman–Crippen MR) is 145 cm³/mol. The highest BCUT2D eigenvalue weighted by Gasteiger charge is 2.12. The third kappa shape index (κ3) is 5.13. The van der Waals surface area contributed by atoms with Crippen LogP contribution in [0.3, 0.4) is 0 Å². The normalized spacial score (nSPS) is 12.2. The Hall–Kier alpha value is -4.06. The summed E-state index contributed by atoms with van der Waals surface area (Å²) in [6.45, 7) is 6.90. The van der Waals surface area contributed by atoms with Crippen LogP contribution in [-0.4, -0.2) is 23.4 Å². The topological polar surface area (TPSA) is 53.0 Å². The quantitative estimate of drug-likeness (QED) is 0.374. The number of aryl methyl sites for hydroxylation is 3. The lowest BCUT2D eigenvalue weighted by atomic mass is 10.1. The van der Waals surface area contributed by atoms with E-state index >= 15 is 0 Å². The van der Waals surface area contributed by atoms with Gasteiger partial charge in [0.1, 0.15) is 5.49 Å². The zero-order chi connectivity index (χ0) is 25.8. The number of ether oxygens (including phenoxy) is 2. The summed E-state index contributed by atoms with van der Waals surface area (Å²) < 4.78 is 15.2. The van der Waals surface area contributed by atoms with Gasteiger partial charge in [0.25, 0.3) is 0 Å². The minimum Gasteiger partial charge on any atom is -0.493 e. The first-order chi connectivity index (χ1) is 17.3. The molecule has 4 rings (SSSR count). The van der Waals surface area contributed by atoms with E-state index in [0.29, 0.717) is 18.0 Å². The Morgan fingerprint density at radius 1 is 0.750 bits per heavy atom. The molecule has 6 nitrogen and oxygen atoms in total. The van der Waals surface area contributed by atoms with Gasteiger partial charge in [0, 0.05) is 25.7 Å². The maximum absolute atomic E-state index is 5.58. The Bertz CT molecular complexity index is 1510. The molecular weight excluding hydrogens is 448 g/mol. The number of nitrogens with zero attached hydrogens (tertiary/aromatic N) is 4. The van der Waals surface area contributed by atoms with E-state index in [-0.39, 0.29) is 0 Å². The molecule has 6 heteroatoms. The van der Waals surface area contributed by atoms with Crippen molar-refractivity contribution in [1.29, 1.82) is 0 Å². The van der Waals surface area contributed by atoms with Crippen LogP contribution in [0.2, 0.25) is 0 Å². The van der Waals surface area contributed by atoms with Crippen molar-refractivity contribution < 1.29 is 9.47 Å². The summed E-state index contributed by atoms with van der Waals surface area (Å²) in [5, 5.41) is 0. The summed E-state index contributed by atoms with van der Waals surface area (Å²) in [5.41, 5.74) is 9.26. The van der Waals surface area contributed by atoms with Crippen LogP contribution in [0.5, 0.6) is 11.5 Å². The first-order valence-corrected chi connectivity index (χ1v) is 12.0. The summed E-state index contributed by atoms with van der Waals surface area (Å²) in [6, 6.07) is 22.7. The fraction of sp³-hybridized carbons (Fsp3) is 0.267. The molecule has 0 fully saturated rings. The zero-order valence-corrected chi connectivity index (χ0v) is 22.2. The summed E-state index contributed by atoms with van der Waals surface area (Å²) in [4.78, 5) is 10.1. The van der Waals surface area contributed by atoms with Crippen LogP contribution in [0.25, 0.3) is 11.3 Å². The third-order valence-corrected chi connectivity index (χ3v) is 6.36. The Balaban J connectivity index is 2.00. The molecule has 0 aliphatic rings. The van der Waals surface area contributed by atoms with Crippen molar-refractivity contribution in [2.75, 3.05) is 14.2 Å². The molecule has 0 saturated heterocycles. The first kappa shape index (κ1) is 25.0. The molecule has 0 saturated carbocycles. The molecule has 0 spiro atoms. The van der Waals surface area contributed by atoms with Gasteiger partial charge in [0.05, 0.1) is 32.1 Å². The smallest absolute Gasteiger partial charge is 0.206 e. The van der Waals surface area contributed by atoms with E-state index in [1.807, 2.05) is 55.1 Å². The second kappa shape index (κ2) is 10.7. The van der Waals surface area contributed by atoms with Crippen molar-refractivity contribution in [1.82, 2.24) is 9.13 Å². The van der Waals surface area contributed by atoms with E-state index in [2.05, 4.69) is 55.7 Å². The second-order valence-corrected chi connectivity index (χ2v) is 9.04. The Kier molecular flexibility index (Phi) is 7.44. The van der Waals surface area contributed by atoms with Crippen LogP contribution in [0.1, 0.15) is 22.3 Å². The van der Waals surface area contributed by atoms with Crippen molar-refractivity contribution in [3.05, 3.63) is 100 Å². The fourth-order valence-electron chi connectivity index (χ4n) is 4.55.